The fourth-order valence-electron chi connectivity index (χ4n) is 5.43. The van der Waals surface area contributed by atoms with Gasteiger partial charge in [-0.3, -0.25) is 4.90 Å². The molecule has 4 heterocycles. The minimum absolute atomic E-state index is 0.336. The molecule has 0 amide bonds. The summed E-state index contributed by atoms with van der Waals surface area (Å²) in [6, 6.07) is 20.8. The van der Waals surface area contributed by atoms with E-state index in [0.717, 1.165) is 12.6 Å². The maximum absolute atomic E-state index is 9.93. The van der Waals surface area contributed by atoms with Crippen molar-refractivity contribution in [2.75, 3.05) is 13.2 Å². The van der Waals surface area contributed by atoms with Crippen LogP contribution in [-0.4, -0.2) is 35.2 Å². The molecule has 4 bridgehead atoms. The minimum Gasteiger partial charge on any atom is -0.396 e. The Hall–Kier alpha value is -1.90. The van der Waals surface area contributed by atoms with Crippen LogP contribution < -0.4 is 0 Å². The number of fused-ring (bicyclic) bond motifs is 1. The zero-order valence-electron chi connectivity index (χ0n) is 14.5. The van der Waals surface area contributed by atoms with Crippen molar-refractivity contribution in [3.8, 4) is 11.1 Å². The summed E-state index contributed by atoms with van der Waals surface area (Å²) < 4.78 is 0. The van der Waals surface area contributed by atoms with Crippen molar-refractivity contribution in [2.24, 2.45) is 11.8 Å². The second-order valence-electron chi connectivity index (χ2n) is 7.87. The summed E-state index contributed by atoms with van der Waals surface area (Å²) in [6.45, 7) is 1.44. The van der Waals surface area contributed by atoms with Crippen LogP contribution in [-0.2, 0) is 0 Å². The number of aliphatic hydroxyl groups is 1. The standard InChI is InChI=1S/C23H25NO/c25-15-22-21-13-20-10-11-23(22)24(20)14-19(21)12-16-6-8-18(9-7-16)17-4-2-1-3-5-17/h1-9,12,20-23,25H,10-11,13-15H2/b19-12+/t20-,21+,22-,23+/m0/s1. The third-order valence-corrected chi connectivity index (χ3v) is 6.65. The first-order valence-corrected chi connectivity index (χ1v) is 9.56. The molecule has 2 nitrogen and oxygen atoms in total. The van der Waals surface area contributed by atoms with E-state index >= 15 is 0 Å². The third-order valence-electron chi connectivity index (χ3n) is 6.65. The van der Waals surface area contributed by atoms with E-state index in [1.54, 1.807) is 0 Å². The number of hydrogen-bond donors (Lipinski definition) is 1. The first-order chi connectivity index (χ1) is 12.3. The molecule has 2 aromatic carbocycles. The Morgan fingerprint density at radius 2 is 1.72 bits per heavy atom. The van der Waals surface area contributed by atoms with Crippen LogP contribution in [0.5, 0.6) is 0 Å². The predicted molar refractivity (Wildman–Crippen MR) is 102 cm³/mol. The van der Waals surface area contributed by atoms with Crippen LogP contribution >= 0.6 is 0 Å². The summed E-state index contributed by atoms with van der Waals surface area (Å²) in [6.07, 6.45) is 6.24. The Kier molecular flexibility index (Phi) is 3.76. The Bertz CT molecular complexity index is 779. The van der Waals surface area contributed by atoms with Crippen LogP contribution in [0.1, 0.15) is 24.8 Å². The number of nitrogens with zero attached hydrogens (tertiary/aromatic N) is 1. The van der Waals surface area contributed by atoms with Gasteiger partial charge in [0.05, 0.1) is 0 Å². The van der Waals surface area contributed by atoms with E-state index in [9.17, 15) is 5.11 Å². The monoisotopic (exact) mass is 331 g/mol. The van der Waals surface area contributed by atoms with Crippen LogP contribution in [0.3, 0.4) is 0 Å². The SMILES string of the molecule is OC[C@H]1[C@@H]2C[C@@H]3CC[C@H]1N3C/C2=C\c1ccc(-c2ccccc2)cc1. The molecule has 2 aromatic rings. The van der Waals surface area contributed by atoms with Crippen molar-refractivity contribution in [3.05, 3.63) is 65.7 Å². The summed E-state index contributed by atoms with van der Waals surface area (Å²) >= 11 is 0. The molecule has 0 spiro atoms. The molecule has 2 heteroatoms. The highest BCUT2D eigenvalue weighted by Gasteiger charge is 2.51. The summed E-state index contributed by atoms with van der Waals surface area (Å²) in [5, 5.41) is 9.93. The zero-order chi connectivity index (χ0) is 16.8. The van der Waals surface area contributed by atoms with E-state index in [0.29, 0.717) is 24.5 Å². The predicted octanol–water partition coefficient (Wildman–Crippen LogP) is 4.21. The third kappa shape index (κ3) is 2.56. The molecule has 1 unspecified atom stereocenters. The van der Waals surface area contributed by atoms with Crippen molar-refractivity contribution in [1.29, 1.82) is 0 Å². The quantitative estimate of drug-likeness (QED) is 0.910. The molecular formula is C23H25NO. The molecule has 5 atom stereocenters. The van der Waals surface area contributed by atoms with Gasteiger partial charge in [-0.05, 0) is 41.9 Å². The summed E-state index contributed by atoms with van der Waals surface area (Å²) in [5.74, 6) is 1.03. The highest BCUT2D eigenvalue weighted by molar-refractivity contribution is 5.66. The van der Waals surface area contributed by atoms with Crippen LogP contribution in [0.25, 0.3) is 17.2 Å². The van der Waals surface area contributed by atoms with Crippen molar-refractivity contribution in [3.63, 3.8) is 0 Å². The van der Waals surface area contributed by atoms with Gasteiger partial charge >= 0.3 is 0 Å². The van der Waals surface area contributed by atoms with Gasteiger partial charge in [-0.15, -0.1) is 0 Å². The van der Waals surface area contributed by atoms with Crippen LogP contribution in [0, 0.1) is 11.8 Å². The number of hydrogen-bond acceptors (Lipinski definition) is 2. The molecule has 0 radical (unpaired) electrons. The Balaban J connectivity index is 1.41. The molecule has 128 valence electrons. The van der Waals surface area contributed by atoms with Gasteiger partial charge < -0.3 is 5.11 Å². The second-order valence-corrected chi connectivity index (χ2v) is 7.87. The fourth-order valence-corrected chi connectivity index (χ4v) is 5.43. The van der Waals surface area contributed by atoms with Crippen LogP contribution in [0.2, 0.25) is 0 Å². The molecule has 4 aliphatic rings. The molecule has 6 rings (SSSR count). The van der Waals surface area contributed by atoms with Gasteiger partial charge in [0.2, 0.25) is 0 Å². The Morgan fingerprint density at radius 3 is 2.48 bits per heavy atom. The number of rotatable bonds is 3. The van der Waals surface area contributed by atoms with Gasteiger partial charge in [0.25, 0.3) is 0 Å². The molecule has 0 saturated carbocycles. The first-order valence-electron chi connectivity index (χ1n) is 9.56. The maximum Gasteiger partial charge on any atom is 0.0480 e. The van der Waals surface area contributed by atoms with Gasteiger partial charge in [0.15, 0.2) is 0 Å². The highest BCUT2D eigenvalue weighted by atomic mass is 16.3. The van der Waals surface area contributed by atoms with E-state index < -0.39 is 0 Å². The Morgan fingerprint density at radius 1 is 0.960 bits per heavy atom. The topological polar surface area (TPSA) is 23.5 Å². The highest BCUT2D eigenvalue weighted by Crippen LogP contribution is 2.50. The van der Waals surface area contributed by atoms with E-state index in [1.807, 2.05) is 0 Å². The van der Waals surface area contributed by atoms with Crippen LogP contribution in [0.15, 0.2) is 60.2 Å². The minimum atomic E-state index is 0.336. The molecular weight excluding hydrogens is 306 g/mol. The van der Waals surface area contributed by atoms with Gasteiger partial charge in [0, 0.05) is 31.2 Å². The summed E-state index contributed by atoms with van der Waals surface area (Å²) in [7, 11) is 0. The largest absolute Gasteiger partial charge is 0.396 e. The van der Waals surface area contributed by atoms with Gasteiger partial charge in [-0.1, -0.05) is 66.2 Å². The average Bonchev–Trinajstić information content (AvgIpc) is 2.99. The van der Waals surface area contributed by atoms with E-state index in [-0.39, 0.29) is 0 Å². The lowest BCUT2D eigenvalue weighted by Gasteiger charge is -2.51. The first kappa shape index (κ1) is 15.4. The molecule has 1 N–H and O–H groups in total. The fraction of sp³-hybridized carbons (Fsp3) is 0.391. The zero-order valence-corrected chi connectivity index (χ0v) is 14.5. The molecule has 4 fully saturated rings. The maximum atomic E-state index is 9.93. The molecule has 0 aliphatic carbocycles. The van der Waals surface area contributed by atoms with Gasteiger partial charge in [-0.2, -0.15) is 0 Å². The Labute approximate surface area is 149 Å². The summed E-state index contributed by atoms with van der Waals surface area (Å²) in [5.41, 5.74) is 5.35. The lowest BCUT2D eigenvalue weighted by atomic mass is 9.71. The number of piperidine rings is 3. The van der Waals surface area contributed by atoms with E-state index in [2.05, 4.69) is 65.6 Å². The van der Waals surface area contributed by atoms with Gasteiger partial charge in [-0.25, -0.2) is 0 Å². The van der Waals surface area contributed by atoms with Crippen LogP contribution in [0.4, 0.5) is 0 Å². The van der Waals surface area contributed by atoms with E-state index in [1.165, 1.54) is 41.5 Å². The van der Waals surface area contributed by atoms with Crippen molar-refractivity contribution in [1.82, 2.24) is 4.90 Å². The molecule has 25 heavy (non-hydrogen) atoms. The molecule has 4 saturated heterocycles. The lowest BCUT2D eigenvalue weighted by Crippen LogP contribution is -2.56. The van der Waals surface area contributed by atoms with Gasteiger partial charge in [0.1, 0.15) is 0 Å². The second kappa shape index (κ2) is 6.12. The molecule has 0 aromatic heterocycles. The number of aliphatic hydroxyl groups excluding tert-OH is 1. The summed E-state index contributed by atoms with van der Waals surface area (Å²) in [4.78, 5) is 2.67. The van der Waals surface area contributed by atoms with Crippen molar-refractivity contribution >= 4 is 6.08 Å². The number of benzene rings is 2. The smallest absolute Gasteiger partial charge is 0.0480 e. The van der Waals surface area contributed by atoms with E-state index in [4.69, 9.17) is 0 Å². The normalized spacial score (nSPS) is 34.6. The lowest BCUT2D eigenvalue weighted by molar-refractivity contribution is -0.000634. The van der Waals surface area contributed by atoms with Crippen molar-refractivity contribution < 1.29 is 5.11 Å². The van der Waals surface area contributed by atoms with Crippen molar-refractivity contribution in [2.45, 2.75) is 31.3 Å². The molecule has 4 aliphatic heterocycles. The average molecular weight is 331 g/mol.